The van der Waals surface area contributed by atoms with E-state index in [2.05, 4.69) is 0 Å². The molecule has 0 heterocycles. The number of nitrogens with zero attached hydrogens (tertiary/aromatic N) is 1. The molecule has 0 bridgehead atoms. The van der Waals surface area contributed by atoms with Crippen molar-refractivity contribution in [1.82, 2.24) is 0 Å². The Kier molecular flexibility index (Phi) is 11.5. The van der Waals surface area contributed by atoms with E-state index in [9.17, 15) is 19.7 Å². The molecular weight excluding hydrogens is 350 g/mol. The molecule has 0 aliphatic heterocycles. The predicted octanol–water partition coefficient (Wildman–Crippen LogP) is 4.67. The molecule has 0 saturated carbocycles. The summed E-state index contributed by atoms with van der Waals surface area (Å²) in [4.78, 5) is 32.6. The van der Waals surface area contributed by atoms with Crippen LogP contribution in [0.15, 0.2) is 24.3 Å². The van der Waals surface area contributed by atoms with Gasteiger partial charge in [0.15, 0.2) is 0 Å². The van der Waals surface area contributed by atoms with Crippen molar-refractivity contribution in [3.05, 3.63) is 39.9 Å². The molecule has 0 aliphatic carbocycles. The number of benzene rings is 1. The van der Waals surface area contributed by atoms with Crippen molar-refractivity contribution in [2.45, 2.75) is 70.6 Å². The summed E-state index contributed by atoms with van der Waals surface area (Å²) in [5.41, 5.74) is 0.621. The van der Waals surface area contributed by atoms with Crippen molar-refractivity contribution in [1.29, 1.82) is 0 Å². The summed E-state index contributed by atoms with van der Waals surface area (Å²) < 4.78 is 5.16. The summed E-state index contributed by atoms with van der Waals surface area (Å²) in [5, 5.41) is 19.5. The van der Waals surface area contributed by atoms with Crippen molar-refractivity contribution < 1.29 is 24.4 Å². The minimum absolute atomic E-state index is 0.0523. The van der Waals surface area contributed by atoms with Crippen molar-refractivity contribution in [3.8, 4) is 0 Å². The number of ether oxygens (including phenoxy) is 1. The first-order valence-electron chi connectivity index (χ1n) is 9.60. The van der Waals surface area contributed by atoms with Gasteiger partial charge in [-0.2, -0.15) is 0 Å². The molecule has 7 heteroatoms. The molecule has 0 amide bonds. The lowest BCUT2D eigenvalue weighted by Crippen LogP contribution is -2.08. The highest BCUT2D eigenvalue weighted by Crippen LogP contribution is 2.18. The third kappa shape index (κ3) is 11.0. The molecule has 27 heavy (non-hydrogen) atoms. The van der Waals surface area contributed by atoms with Gasteiger partial charge in [0.05, 0.1) is 11.5 Å². The van der Waals surface area contributed by atoms with Crippen LogP contribution in [0.1, 0.15) is 69.8 Å². The molecule has 150 valence electrons. The minimum atomic E-state index is -0.733. The molecule has 0 fully saturated rings. The van der Waals surface area contributed by atoms with Crippen LogP contribution in [0.5, 0.6) is 0 Å². The molecule has 0 atom stereocenters. The maximum Gasteiger partial charge on any atom is 0.305 e. The van der Waals surface area contributed by atoms with E-state index in [4.69, 9.17) is 9.84 Å². The van der Waals surface area contributed by atoms with Gasteiger partial charge in [-0.1, -0.05) is 56.7 Å². The smallest absolute Gasteiger partial charge is 0.305 e. The summed E-state index contributed by atoms with van der Waals surface area (Å²) in [6.45, 7) is 0.153. The quantitative estimate of drug-likeness (QED) is 0.205. The fraction of sp³-hybridized carbons (Fsp3) is 0.600. The summed E-state index contributed by atoms with van der Waals surface area (Å²) >= 11 is 0. The van der Waals surface area contributed by atoms with Gasteiger partial charge in [-0.25, -0.2) is 0 Å². The maximum atomic E-state index is 11.7. The number of carboxylic acids is 1. The first-order chi connectivity index (χ1) is 13.0. The highest BCUT2D eigenvalue weighted by molar-refractivity contribution is 5.69. The number of carbonyl (C=O) groups excluding carboxylic acids is 1. The van der Waals surface area contributed by atoms with E-state index >= 15 is 0 Å². The number of nitro benzene ring substituents is 1. The highest BCUT2D eigenvalue weighted by Gasteiger charge is 2.12. The summed E-state index contributed by atoms with van der Waals surface area (Å²) in [6, 6.07) is 6.47. The third-order valence-electron chi connectivity index (χ3n) is 4.34. The minimum Gasteiger partial charge on any atom is -0.481 e. The predicted molar refractivity (Wildman–Crippen MR) is 102 cm³/mol. The number of carbonyl (C=O) groups is 2. The van der Waals surface area contributed by atoms with E-state index in [0.717, 1.165) is 51.4 Å². The molecule has 0 saturated heterocycles. The van der Waals surface area contributed by atoms with Crippen LogP contribution in [0.25, 0.3) is 0 Å². The number of hydrogen-bond donors (Lipinski definition) is 1. The van der Waals surface area contributed by atoms with Gasteiger partial charge >= 0.3 is 11.9 Å². The molecule has 0 aromatic heterocycles. The van der Waals surface area contributed by atoms with Crippen LogP contribution in [-0.4, -0.2) is 28.6 Å². The van der Waals surface area contributed by atoms with Gasteiger partial charge in [-0.05, 0) is 12.8 Å². The van der Waals surface area contributed by atoms with Crippen molar-refractivity contribution >= 4 is 17.6 Å². The van der Waals surface area contributed by atoms with Gasteiger partial charge in [-0.3, -0.25) is 19.7 Å². The lowest BCUT2D eigenvalue weighted by molar-refractivity contribution is -0.385. The van der Waals surface area contributed by atoms with E-state index in [1.165, 1.54) is 6.07 Å². The zero-order valence-electron chi connectivity index (χ0n) is 15.7. The number of unbranched alkanes of at least 4 members (excludes halogenated alkanes) is 7. The van der Waals surface area contributed by atoms with Crippen molar-refractivity contribution in [2.75, 3.05) is 6.61 Å². The molecular formula is C20H29NO6. The Hall–Kier alpha value is -2.44. The third-order valence-corrected chi connectivity index (χ3v) is 4.34. The number of aliphatic carboxylic acids is 1. The summed E-state index contributed by atoms with van der Waals surface area (Å²) in [7, 11) is 0. The van der Waals surface area contributed by atoms with Crippen LogP contribution < -0.4 is 0 Å². The number of rotatable bonds is 15. The van der Waals surface area contributed by atoms with Crippen LogP contribution in [0.2, 0.25) is 0 Å². The SMILES string of the molecule is O=C(O)CCCCCCCCCCC(=O)OCCc1ccccc1[N+](=O)[O-]. The van der Waals surface area contributed by atoms with Gasteiger partial charge in [0, 0.05) is 30.9 Å². The fourth-order valence-electron chi connectivity index (χ4n) is 2.85. The second-order valence-corrected chi connectivity index (χ2v) is 6.58. The average Bonchev–Trinajstić information content (AvgIpc) is 2.63. The zero-order valence-corrected chi connectivity index (χ0v) is 15.7. The number of nitro groups is 1. The van der Waals surface area contributed by atoms with Crippen LogP contribution in [-0.2, 0) is 20.7 Å². The maximum absolute atomic E-state index is 11.7. The Morgan fingerprint density at radius 2 is 1.48 bits per heavy atom. The number of carboxylic acid groups (broad SMARTS) is 1. The second-order valence-electron chi connectivity index (χ2n) is 6.58. The molecule has 1 rings (SSSR count). The molecule has 0 radical (unpaired) electrons. The Morgan fingerprint density at radius 1 is 0.926 bits per heavy atom. The van der Waals surface area contributed by atoms with Crippen LogP contribution in [0.4, 0.5) is 5.69 Å². The Bertz CT molecular complexity index is 602. The summed E-state index contributed by atoms with van der Waals surface area (Å²) in [6.07, 6.45) is 8.71. The van der Waals surface area contributed by atoms with Gasteiger partial charge in [0.25, 0.3) is 5.69 Å². The molecule has 1 aromatic carbocycles. The zero-order chi connectivity index (χ0) is 19.9. The molecule has 1 aromatic rings. The van der Waals surface area contributed by atoms with Crippen LogP contribution in [0, 0.1) is 10.1 Å². The lowest BCUT2D eigenvalue weighted by Gasteiger charge is -2.06. The van der Waals surface area contributed by atoms with Crippen molar-refractivity contribution in [3.63, 3.8) is 0 Å². The van der Waals surface area contributed by atoms with Gasteiger partial charge in [0.1, 0.15) is 0 Å². The molecule has 0 spiro atoms. The standard InChI is InChI=1S/C20H29NO6/c22-19(23)13-7-5-3-1-2-4-6-8-14-20(24)27-16-15-17-11-9-10-12-18(17)21(25)26/h9-12H,1-8,13-16H2,(H,22,23). The Labute approximate surface area is 159 Å². The van der Waals surface area contributed by atoms with Crippen molar-refractivity contribution in [2.24, 2.45) is 0 Å². The highest BCUT2D eigenvalue weighted by atomic mass is 16.6. The Morgan fingerprint density at radius 3 is 2.07 bits per heavy atom. The number of para-hydroxylation sites is 1. The van der Waals surface area contributed by atoms with E-state index in [0.29, 0.717) is 18.4 Å². The van der Waals surface area contributed by atoms with E-state index in [-0.39, 0.29) is 24.7 Å². The van der Waals surface area contributed by atoms with Gasteiger partial charge in [0.2, 0.25) is 0 Å². The molecule has 0 aliphatic rings. The Balaban J connectivity index is 2.01. The molecule has 1 N–H and O–H groups in total. The topological polar surface area (TPSA) is 107 Å². The van der Waals surface area contributed by atoms with E-state index in [1.807, 2.05) is 0 Å². The molecule has 7 nitrogen and oxygen atoms in total. The normalized spacial score (nSPS) is 10.5. The van der Waals surface area contributed by atoms with E-state index < -0.39 is 10.9 Å². The largest absolute Gasteiger partial charge is 0.481 e. The van der Waals surface area contributed by atoms with E-state index in [1.54, 1.807) is 18.2 Å². The van der Waals surface area contributed by atoms with Gasteiger partial charge < -0.3 is 9.84 Å². The fourth-order valence-corrected chi connectivity index (χ4v) is 2.85. The van der Waals surface area contributed by atoms with Crippen LogP contribution in [0.3, 0.4) is 0 Å². The first kappa shape index (κ1) is 22.6. The summed E-state index contributed by atoms with van der Waals surface area (Å²) in [5.74, 6) is -0.994. The first-order valence-corrected chi connectivity index (χ1v) is 9.60. The monoisotopic (exact) mass is 379 g/mol. The lowest BCUT2D eigenvalue weighted by atomic mass is 10.1. The second kappa shape index (κ2) is 13.7. The average molecular weight is 379 g/mol. The van der Waals surface area contributed by atoms with Crippen LogP contribution >= 0.6 is 0 Å². The number of hydrogen-bond acceptors (Lipinski definition) is 5. The molecule has 0 unspecified atom stereocenters. The van der Waals surface area contributed by atoms with Gasteiger partial charge in [-0.15, -0.1) is 0 Å². The number of esters is 1.